The van der Waals surface area contributed by atoms with E-state index in [0.29, 0.717) is 16.5 Å². The van der Waals surface area contributed by atoms with Gasteiger partial charge in [0.15, 0.2) is 5.82 Å². The second-order valence-electron chi connectivity index (χ2n) is 5.42. The first-order valence-electron chi connectivity index (χ1n) is 7.01. The molecule has 0 amide bonds. The Hall–Kier alpha value is -1.43. The lowest BCUT2D eigenvalue weighted by molar-refractivity contribution is 0.524. The number of anilines is 2. The summed E-state index contributed by atoms with van der Waals surface area (Å²) in [5.74, 6) is -0.647. The van der Waals surface area contributed by atoms with E-state index < -0.39 is 11.6 Å². The smallest absolute Gasteiger partial charge is 0.207 e. The standard InChI is InChI=1S/C15H16BrF2N3/c1-9-8-21(11-4-2-3-5-11)15(19-9)20-14-12(16)6-10(17)7-13(14)18/h6-8,11H,2-5H2,1H3,(H,19,20). The first-order valence-corrected chi connectivity index (χ1v) is 7.81. The van der Waals surface area contributed by atoms with Crippen LogP contribution >= 0.6 is 15.9 Å². The van der Waals surface area contributed by atoms with Crippen LogP contribution in [0.25, 0.3) is 0 Å². The third kappa shape index (κ3) is 2.95. The van der Waals surface area contributed by atoms with Gasteiger partial charge in [0.05, 0.1) is 11.4 Å². The topological polar surface area (TPSA) is 29.9 Å². The fraction of sp³-hybridized carbons (Fsp3) is 0.400. The SMILES string of the molecule is Cc1cn(C2CCCC2)c(Nc2c(F)cc(F)cc2Br)n1. The number of halogens is 3. The molecule has 3 rings (SSSR count). The second kappa shape index (κ2) is 5.75. The van der Waals surface area contributed by atoms with Crippen molar-refractivity contribution in [2.75, 3.05) is 5.32 Å². The summed E-state index contributed by atoms with van der Waals surface area (Å²) < 4.78 is 29.5. The number of nitrogens with one attached hydrogen (secondary N) is 1. The Balaban J connectivity index is 1.95. The van der Waals surface area contributed by atoms with Crippen molar-refractivity contribution in [1.29, 1.82) is 0 Å². The second-order valence-corrected chi connectivity index (χ2v) is 6.28. The van der Waals surface area contributed by atoms with E-state index in [-0.39, 0.29) is 5.69 Å². The van der Waals surface area contributed by atoms with Crippen molar-refractivity contribution in [3.8, 4) is 0 Å². The van der Waals surface area contributed by atoms with Crippen LogP contribution in [0.4, 0.5) is 20.4 Å². The zero-order chi connectivity index (χ0) is 15.0. The molecule has 1 saturated carbocycles. The van der Waals surface area contributed by atoms with Crippen molar-refractivity contribution >= 4 is 27.6 Å². The first kappa shape index (κ1) is 14.5. The van der Waals surface area contributed by atoms with Crippen LogP contribution in [-0.4, -0.2) is 9.55 Å². The highest BCUT2D eigenvalue weighted by atomic mass is 79.9. The van der Waals surface area contributed by atoms with E-state index in [1.807, 2.05) is 13.1 Å². The molecular formula is C15H16BrF2N3. The van der Waals surface area contributed by atoms with E-state index in [1.165, 1.54) is 18.9 Å². The number of benzene rings is 1. The van der Waals surface area contributed by atoms with E-state index in [1.54, 1.807) is 0 Å². The quantitative estimate of drug-likeness (QED) is 0.830. The summed E-state index contributed by atoms with van der Waals surface area (Å²) in [6.07, 6.45) is 6.61. The molecule has 0 bridgehead atoms. The first-order chi connectivity index (χ1) is 10.0. The minimum Gasteiger partial charge on any atom is -0.322 e. The maximum atomic E-state index is 13.9. The van der Waals surface area contributed by atoms with Gasteiger partial charge in [0.25, 0.3) is 0 Å². The van der Waals surface area contributed by atoms with E-state index in [0.717, 1.165) is 24.6 Å². The number of rotatable bonds is 3. The number of imidazole rings is 1. The molecule has 1 fully saturated rings. The Kier molecular flexibility index (Phi) is 3.97. The third-order valence-electron chi connectivity index (χ3n) is 3.81. The maximum absolute atomic E-state index is 13.9. The maximum Gasteiger partial charge on any atom is 0.207 e. The minimum atomic E-state index is -0.638. The lowest BCUT2D eigenvalue weighted by atomic mass is 10.2. The van der Waals surface area contributed by atoms with Crippen LogP contribution in [0.3, 0.4) is 0 Å². The number of nitrogens with zero attached hydrogens (tertiary/aromatic N) is 2. The van der Waals surface area contributed by atoms with Gasteiger partial charge in [0.2, 0.25) is 5.95 Å². The summed E-state index contributed by atoms with van der Waals surface area (Å²) >= 11 is 3.19. The van der Waals surface area contributed by atoms with E-state index in [9.17, 15) is 8.78 Å². The average molecular weight is 356 g/mol. The van der Waals surface area contributed by atoms with Crippen molar-refractivity contribution in [3.63, 3.8) is 0 Å². The molecule has 0 spiro atoms. The van der Waals surface area contributed by atoms with Gasteiger partial charge in [-0.05, 0) is 41.8 Å². The zero-order valence-corrected chi connectivity index (χ0v) is 13.3. The van der Waals surface area contributed by atoms with Crippen LogP contribution in [0.15, 0.2) is 22.8 Å². The summed E-state index contributed by atoms with van der Waals surface area (Å²) in [4.78, 5) is 4.43. The molecule has 1 aliphatic rings. The van der Waals surface area contributed by atoms with Gasteiger partial charge < -0.3 is 9.88 Å². The molecule has 21 heavy (non-hydrogen) atoms. The number of hydrogen-bond donors (Lipinski definition) is 1. The number of hydrogen-bond acceptors (Lipinski definition) is 2. The van der Waals surface area contributed by atoms with Gasteiger partial charge in [-0.15, -0.1) is 0 Å². The fourth-order valence-electron chi connectivity index (χ4n) is 2.84. The monoisotopic (exact) mass is 355 g/mol. The molecule has 6 heteroatoms. The average Bonchev–Trinajstić information content (AvgIpc) is 3.02. The Bertz CT molecular complexity index is 640. The highest BCUT2D eigenvalue weighted by Crippen LogP contribution is 2.35. The van der Waals surface area contributed by atoms with Crippen LogP contribution in [-0.2, 0) is 0 Å². The third-order valence-corrected chi connectivity index (χ3v) is 4.44. The largest absolute Gasteiger partial charge is 0.322 e. The highest BCUT2D eigenvalue weighted by Gasteiger charge is 2.21. The predicted molar refractivity (Wildman–Crippen MR) is 81.8 cm³/mol. The van der Waals surface area contributed by atoms with Crippen LogP contribution in [0.1, 0.15) is 37.4 Å². The molecule has 1 aromatic heterocycles. The molecule has 1 aromatic carbocycles. The lowest BCUT2D eigenvalue weighted by Gasteiger charge is -2.16. The molecular weight excluding hydrogens is 340 g/mol. The Morgan fingerprint density at radius 3 is 2.67 bits per heavy atom. The van der Waals surface area contributed by atoms with Crippen molar-refractivity contribution in [2.45, 2.75) is 38.6 Å². The molecule has 0 radical (unpaired) electrons. The summed E-state index contributed by atoms with van der Waals surface area (Å²) in [6.45, 7) is 1.91. The van der Waals surface area contributed by atoms with Gasteiger partial charge in [-0.2, -0.15) is 0 Å². The van der Waals surface area contributed by atoms with Gasteiger partial charge in [0, 0.05) is 22.8 Å². The molecule has 0 saturated heterocycles. The molecule has 2 aromatic rings. The number of aromatic nitrogens is 2. The normalized spacial score (nSPS) is 15.6. The van der Waals surface area contributed by atoms with Crippen LogP contribution in [0, 0.1) is 18.6 Å². The summed E-state index contributed by atoms with van der Waals surface area (Å²) in [5.41, 5.74) is 1.09. The fourth-order valence-corrected chi connectivity index (χ4v) is 3.35. The highest BCUT2D eigenvalue weighted by molar-refractivity contribution is 9.10. The van der Waals surface area contributed by atoms with Crippen LogP contribution in [0.5, 0.6) is 0 Å². The van der Waals surface area contributed by atoms with E-state index in [4.69, 9.17) is 0 Å². The molecule has 0 unspecified atom stereocenters. The molecule has 1 N–H and O–H groups in total. The molecule has 0 aliphatic heterocycles. The van der Waals surface area contributed by atoms with Gasteiger partial charge in [-0.3, -0.25) is 0 Å². The van der Waals surface area contributed by atoms with E-state index in [2.05, 4.69) is 30.8 Å². The zero-order valence-electron chi connectivity index (χ0n) is 11.7. The summed E-state index contributed by atoms with van der Waals surface area (Å²) in [7, 11) is 0. The minimum absolute atomic E-state index is 0.209. The van der Waals surface area contributed by atoms with E-state index >= 15 is 0 Å². The molecule has 3 nitrogen and oxygen atoms in total. The lowest BCUT2D eigenvalue weighted by Crippen LogP contribution is -2.09. The van der Waals surface area contributed by atoms with Crippen molar-refractivity contribution in [3.05, 3.63) is 40.1 Å². The Morgan fingerprint density at radius 2 is 2.00 bits per heavy atom. The van der Waals surface area contributed by atoms with Crippen molar-refractivity contribution in [2.24, 2.45) is 0 Å². The Labute approximate surface area is 130 Å². The van der Waals surface area contributed by atoms with Gasteiger partial charge in [-0.1, -0.05) is 12.8 Å². The van der Waals surface area contributed by atoms with Crippen molar-refractivity contribution < 1.29 is 8.78 Å². The Morgan fingerprint density at radius 1 is 1.29 bits per heavy atom. The van der Waals surface area contributed by atoms with Crippen molar-refractivity contribution in [1.82, 2.24) is 9.55 Å². The van der Waals surface area contributed by atoms with Crippen LogP contribution in [0.2, 0.25) is 0 Å². The molecule has 1 heterocycles. The van der Waals surface area contributed by atoms with Crippen LogP contribution < -0.4 is 5.32 Å². The summed E-state index contributed by atoms with van der Waals surface area (Å²) in [5, 5.41) is 3.00. The van der Waals surface area contributed by atoms with Gasteiger partial charge >= 0.3 is 0 Å². The van der Waals surface area contributed by atoms with Gasteiger partial charge in [-0.25, -0.2) is 13.8 Å². The molecule has 112 valence electrons. The van der Waals surface area contributed by atoms with Gasteiger partial charge in [0.1, 0.15) is 5.82 Å². The predicted octanol–water partition coefficient (Wildman–Crippen LogP) is 5.09. The summed E-state index contributed by atoms with van der Waals surface area (Å²) in [6, 6.07) is 2.50. The molecule has 0 atom stereocenters. The molecule has 1 aliphatic carbocycles. The number of aryl methyl sites for hydroxylation is 1.